The molecule has 19 heavy (non-hydrogen) atoms. The number of nitrogens with zero attached hydrogens (tertiary/aromatic N) is 1. The molecule has 0 atom stereocenters. The Morgan fingerprint density at radius 1 is 1.11 bits per heavy atom. The number of phenols is 1. The monoisotopic (exact) mass is 274 g/mol. The maximum atomic E-state index is 10.5. The van der Waals surface area contributed by atoms with Crippen molar-refractivity contribution in [3.8, 4) is 5.75 Å². The lowest BCUT2D eigenvalue weighted by molar-refractivity contribution is 0.112. The fraction of sp³-hybridized carbons (Fsp3) is 0. The quantitative estimate of drug-likeness (QED) is 0.389. The number of hydrogen-bond acceptors (Lipinski definition) is 4. The molecular formula is C14H11ClN2O2. The first-order chi connectivity index (χ1) is 9.19. The molecule has 0 aliphatic rings. The first-order valence-electron chi connectivity index (χ1n) is 5.53. The fourth-order valence-electron chi connectivity index (χ4n) is 1.41. The lowest BCUT2D eigenvalue weighted by Gasteiger charge is -2.02. The summed E-state index contributed by atoms with van der Waals surface area (Å²) >= 11 is 6.03. The van der Waals surface area contributed by atoms with Gasteiger partial charge in [0.1, 0.15) is 12.0 Å². The molecule has 0 bridgehead atoms. The molecule has 5 heteroatoms. The molecule has 2 rings (SSSR count). The van der Waals surface area contributed by atoms with E-state index >= 15 is 0 Å². The van der Waals surface area contributed by atoms with Crippen LogP contribution in [0.4, 0.5) is 5.69 Å². The van der Waals surface area contributed by atoms with Gasteiger partial charge in [0, 0.05) is 11.1 Å². The van der Waals surface area contributed by atoms with Gasteiger partial charge < -0.3 is 5.11 Å². The van der Waals surface area contributed by atoms with E-state index < -0.39 is 0 Å². The van der Waals surface area contributed by atoms with E-state index in [2.05, 4.69) is 10.5 Å². The van der Waals surface area contributed by atoms with Crippen LogP contribution in [0.3, 0.4) is 0 Å². The molecule has 2 aromatic carbocycles. The minimum atomic E-state index is 0.185. The highest BCUT2D eigenvalue weighted by Crippen LogP contribution is 2.14. The van der Waals surface area contributed by atoms with Crippen molar-refractivity contribution in [2.75, 3.05) is 5.43 Å². The summed E-state index contributed by atoms with van der Waals surface area (Å²) in [6, 6.07) is 13.2. The number of aldehydes is 1. The smallest absolute Gasteiger partial charge is 0.156 e. The van der Waals surface area contributed by atoms with Gasteiger partial charge in [-0.25, -0.2) is 0 Å². The van der Waals surface area contributed by atoms with Gasteiger partial charge in [0.25, 0.3) is 0 Å². The zero-order valence-corrected chi connectivity index (χ0v) is 10.6. The molecule has 0 fully saturated rings. The Hall–Kier alpha value is -2.33. The van der Waals surface area contributed by atoms with Gasteiger partial charge in [-0.05, 0) is 24.3 Å². The molecule has 2 aromatic rings. The molecule has 0 radical (unpaired) electrons. The zero-order valence-electron chi connectivity index (χ0n) is 9.88. The van der Waals surface area contributed by atoms with Crippen molar-refractivity contribution in [2.45, 2.75) is 0 Å². The SMILES string of the molecule is O=Cc1ccc(/C(Cl)=N/Nc2ccc(O)cc2)cc1. The summed E-state index contributed by atoms with van der Waals surface area (Å²) < 4.78 is 0. The second-order valence-corrected chi connectivity index (χ2v) is 4.16. The lowest BCUT2D eigenvalue weighted by atomic mass is 10.2. The van der Waals surface area contributed by atoms with Crippen LogP contribution in [0.1, 0.15) is 15.9 Å². The number of anilines is 1. The molecule has 0 amide bonds. The number of carbonyl (C=O) groups is 1. The first-order valence-corrected chi connectivity index (χ1v) is 5.90. The normalized spacial score (nSPS) is 11.1. The maximum absolute atomic E-state index is 10.5. The van der Waals surface area contributed by atoms with Crippen LogP contribution >= 0.6 is 11.6 Å². The number of hydrazone groups is 1. The molecule has 0 unspecified atom stereocenters. The standard InChI is InChI=1S/C14H11ClN2O2/c15-14(11-3-1-10(9-18)2-4-11)17-16-12-5-7-13(19)8-6-12/h1-9,16,19H/b17-14-. The van der Waals surface area contributed by atoms with Crippen molar-refractivity contribution >= 4 is 28.7 Å². The molecule has 0 aromatic heterocycles. The number of halogens is 1. The van der Waals surface area contributed by atoms with E-state index in [1.165, 1.54) is 0 Å². The molecule has 0 spiro atoms. The minimum absolute atomic E-state index is 0.185. The molecular weight excluding hydrogens is 264 g/mol. The first kappa shape index (κ1) is 13.1. The van der Waals surface area contributed by atoms with Crippen LogP contribution in [0.5, 0.6) is 5.75 Å². The Labute approximate surface area is 115 Å². The van der Waals surface area contributed by atoms with E-state index in [4.69, 9.17) is 16.7 Å². The van der Waals surface area contributed by atoms with Crippen molar-refractivity contribution in [1.82, 2.24) is 0 Å². The van der Waals surface area contributed by atoms with Gasteiger partial charge in [-0.1, -0.05) is 35.9 Å². The lowest BCUT2D eigenvalue weighted by Crippen LogP contribution is -1.97. The summed E-state index contributed by atoms with van der Waals surface area (Å²) in [4.78, 5) is 10.5. The number of phenolic OH excluding ortho intramolecular Hbond substituents is 1. The van der Waals surface area contributed by atoms with Gasteiger partial charge in [0.15, 0.2) is 5.17 Å². The van der Waals surface area contributed by atoms with Crippen molar-refractivity contribution < 1.29 is 9.90 Å². The molecule has 0 heterocycles. The highest BCUT2D eigenvalue weighted by atomic mass is 35.5. The van der Waals surface area contributed by atoms with Crippen LogP contribution in [-0.2, 0) is 0 Å². The van der Waals surface area contributed by atoms with Crippen molar-refractivity contribution in [3.63, 3.8) is 0 Å². The van der Waals surface area contributed by atoms with E-state index in [1.54, 1.807) is 48.5 Å². The van der Waals surface area contributed by atoms with Gasteiger partial charge in [0.2, 0.25) is 0 Å². The third kappa shape index (κ3) is 3.56. The molecule has 96 valence electrons. The number of aromatic hydroxyl groups is 1. The van der Waals surface area contributed by atoms with E-state index in [0.717, 1.165) is 6.29 Å². The van der Waals surface area contributed by atoms with E-state index in [-0.39, 0.29) is 10.9 Å². The summed E-state index contributed by atoms with van der Waals surface area (Å²) in [7, 11) is 0. The van der Waals surface area contributed by atoms with Crippen LogP contribution < -0.4 is 5.43 Å². The van der Waals surface area contributed by atoms with Gasteiger partial charge in [0.05, 0.1) is 5.69 Å². The Kier molecular flexibility index (Phi) is 4.15. The van der Waals surface area contributed by atoms with Crippen molar-refractivity contribution in [1.29, 1.82) is 0 Å². The molecule has 4 nitrogen and oxygen atoms in total. The average Bonchev–Trinajstić information content (AvgIpc) is 2.46. The highest BCUT2D eigenvalue weighted by molar-refractivity contribution is 6.69. The number of nitrogens with one attached hydrogen (secondary N) is 1. The van der Waals surface area contributed by atoms with Crippen LogP contribution in [0.15, 0.2) is 53.6 Å². The fourth-order valence-corrected chi connectivity index (χ4v) is 1.58. The number of benzene rings is 2. The minimum Gasteiger partial charge on any atom is -0.508 e. The highest BCUT2D eigenvalue weighted by Gasteiger charge is 2.00. The molecule has 0 saturated carbocycles. The molecule has 0 aliphatic carbocycles. The average molecular weight is 275 g/mol. The topological polar surface area (TPSA) is 61.7 Å². The zero-order chi connectivity index (χ0) is 13.7. The molecule has 0 saturated heterocycles. The number of rotatable bonds is 4. The summed E-state index contributed by atoms with van der Waals surface area (Å²) in [5, 5.41) is 13.4. The van der Waals surface area contributed by atoms with E-state index in [0.29, 0.717) is 16.8 Å². The predicted molar refractivity (Wildman–Crippen MR) is 75.9 cm³/mol. The largest absolute Gasteiger partial charge is 0.508 e. The Bertz CT molecular complexity index is 592. The molecule has 2 N–H and O–H groups in total. The van der Waals surface area contributed by atoms with Gasteiger partial charge >= 0.3 is 0 Å². The van der Waals surface area contributed by atoms with Gasteiger partial charge in [-0.3, -0.25) is 10.2 Å². The summed E-state index contributed by atoms with van der Waals surface area (Å²) in [6.07, 6.45) is 0.767. The van der Waals surface area contributed by atoms with Gasteiger partial charge in [-0.2, -0.15) is 5.10 Å². The number of carbonyl (C=O) groups excluding carboxylic acids is 1. The van der Waals surface area contributed by atoms with Crippen molar-refractivity contribution in [2.24, 2.45) is 5.10 Å². The Balaban J connectivity index is 2.09. The van der Waals surface area contributed by atoms with Crippen LogP contribution in [-0.4, -0.2) is 16.6 Å². The van der Waals surface area contributed by atoms with Gasteiger partial charge in [-0.15, -0.1) is 0 Å². The maximum Gasteiger partial charge on any atom is 0.156 e. The third-order valence-corrected chi connectivity index (χ3v) is 2.74. The van der Waals surface area contributed by atoms with Crippen LogP contribution in [0, 0.1) is 0 Å². The van der Waals surface area contributed by atoms with E-state index in [1.807, 2.05) is 0 Å². The van der Waals surface area contributed by atoms with Crippen LogP contribution in [0.25, 0.3) is 0 Å². The second kappa shape index (κ2) is 6.02. The number of hydrogen-bond donors (Lipinski definition) is 2. The molecule has 0 aliphatic heterocycles. The van der Waals surface area contributed by atoms with Crippen LogP contribution in [0.2, 0.25) is 0 Å². The second-order valence-electron chi connectivity index (χ2n) is 3.80. The third-order valence-electron chi connectivity index (χ3n) is 2.44. The predicted octanol–water partition coefficient (Wildman–Crippen LogP) is 3.22. The Morgan fingerprint density at radius 2 is 1.74 bits per heavy atom. The summed E-state index contributed by atoms with van der Waals surface area (Å²) in [6.45, 7) is 0. The summed E-state index contributed by atoms with van der Waals surface area (Å²) in [5.74, 6) is 0.185. The van der Waals surface area contributed by atoms with Crippen molar-refractivity contribution in [3.05, 3.63) is 59.7 Å². The van der Waals surface area contributed by atoms with E-state index in [9.17, 15) is 4.79 Å². The summed E-state index contributed by atoms with van der Waals surface area (Å²) in [5.41, 5.74) is 4.77. The Morgan fingerprint density at radius 3 is 2.32 bits per heavy atom.